The third kappa shape index (κ3) is 2.60. The number of hydrogen-bond donors (Lipinski definition) is 1. The minimum Gasteiger partial charge on any atom is -0.472 e. The van der Waals surface area contributed by atoms with E-state index in [-0.39, 0.29) is 11.4 Å². The van der Waals surface area contributed by atoms with Crippen molar-refractivity contribution in [2.75, 3.05) is 6.67 Å². The Hall–Kier alpha value is -2.76. The number of fused-ring (bicyclic) bond motifs is 1. The van der Waals surface area contributed by atoms with Crippen molar-refractivity contribution in [3.05, 3.63) is 54.0 Å². The van der Waals surface area contributed by atoms with Crippen molar-refractivity contribution >= 4 is 16.8 Å². The van der Waals surface area contributed by atoms with E-state index in [1.54, 1.807) is 0 Å². The molecule has 2 heterocycles. The fourth-order valence-corrected chi connectivity index (χ4v) is 2.06. The number of aromatic amines is 1. The highest BCUT2D eigenvalue weighted by molar-refractivity contribution is 6.09. The van der Waals surface area contributed by atoms with E-state index < -0.39 is 12.5 Å². The predicted octanol–water partition coefficient (Wildman–Crippen LogP) is 2.69. The molecule has 2 aromatic heterocycles. The van der Waals surface area contributed by atoms with Crippen LogP contribution in [0.5, 0.6) is 5.88 Å². The van der Waals surface area contributed by atoms with Crippen LogP contribution in [0.3, 0.4) is 0 Å². The molecular formula is C15H12FN3O2. The van der Waals surface area contributed by atoms with E-state index in [1.807, 2.05) is 30.3 Å². The summed E-state index contributed by atoms with van der Waals surface area (Å²) in [6.07, 6.45) is 2.76. The minimum absolute atomic E-state index is 0.205. The highest BCUT2D eigenvalue weighted by atomic mass is 19.1. The second-order valence-electron chi connectivity index (χ2n) is 4.44. The summed E-state index contributed by atoms with van der Waals surface area (Å²) >= 11 is 0. The number of alkyl halides is 1. The number of H-pyrrole nitrogens is 1. The number of Topliss-reactive ketones (excluding diaryl/α,β-unsaturated/α-hetero) is 1. The smallest absolute Gasteiger partial charge is 0.227 e. The first kappa shape index (κ1) is 13.2. The Morgan fingerprint density at radius 3 is 2.81 bits per heavy atom. The second kappa shape index (κ2) is 5.70. The first-order valence-electron chi connectivity index (χ1n) is 6.37. The van der Waals surface area contributed by atoms with Gasteiger partial charge in [-0.25, -0.2) is 14.4 Å². The van der Waals surface area contributed by atoms with E-state index in [0.717, 1.165) is 5.56 Å². The lowest BCUT2D eigenvalue weighted by Crippen LogP contribution is -2.03. The maximum atomic E-state index is 12.6. The number of carbonyl (C=O) groups is 1. The summed E-state index contributed by atoms with van der Waals surface area (Å²) in [5.41, 5.74) is 1.62. The summed E-state index contributed by atoms with van der Waals surface area (Å²) < 4.78 is 18.3. The standard InChI is InChI=1S/C15H12FN3O2/c16-6-12(20)11-7-17-14-13(11)15(19-9-18-14)21-8-10-4-2-1-3-5-10/h1-5,7,9H,6,8H2,(H,17,18,19). The Kier molecular flexibility index (Phi) is 3.59. The molecule has 5 nitrogen and oxygen atoms in total. The quantitative estimate of drug-likeness (QED) is 0.732. The summed E-state index contributed by atoms with van der Waals surface area (Å²) in [6, 6.07) is 9.56. The predicted molar refractivity (Wildman–Crippen MR) is 75.0 cm³/mol. The fraction of sp³-hybridized carbons (Fsp3) is 0.133. The molecule has 0 aliphatic rings. The normalized spacial score (nSPS) is 10.7. The molecule has 0 amide bonds. The van der Waals surface area contributed by atoms with Crippen LogP contribution in [0.15, 0.2) is 42.9 Å². The van der Waals surface area contributed by atoms with Crippen molar-refractivity contribution in [3.8, 4) is 5.88 Å². The summed E-state index contributed by atoms with van der Waals surface area (Å²) in [5, 5.41) is 0.413. The van der Waals surface area contributed by atoms with Gasteiger partial charge in [0.25, 0.3) is 0 Å². The number of ketones is 1. The van der Waals surface area contributed by atoms with Crippen LogP contribution in [0.25, 0.3) is 11.0 Å². The Balaban J connectivity index is 1.94. The largest absolute Gasteiger partial charge is 0.472 e. The molecule has 0 saturated heterocycles. The molecule has 0 fully saturated rings. The van der Waals surface area contributed by atoms with Crippen LogP contribution in [0.4, 0.5) is 4.39 Å². The SMILES string of the molecule is O=C(CF)c1c[nH]c2ncnc(OCc3ccccc3)c12. The fourth-order valence-electron chi connectivity index (χ4n) is 2.06. The van der Waals surface area contributed by atoms with Gasteiger partial charge in [0.05, 0.1) is 10.9 Å². The third-order valence-electron chi connectivity index (χ3n) is 3.08. The molecular weight excluding hydrogens is 273 g/mol. The lowest BCUT2D eigenvalue weighted by atomic mass is 10.1. The zero-order valence-electron chi connectivity index (χ0n) is 11.0. The van der Waals surface area contributed by atoms with Gasteiger partial charge in [0, 0.05) is 6.20 Å². The van der Waals surface area contributed by atoms with Crippen LogP contribution in [-0.2, 0) is 6.61 Å². The number of halogens is 1. The number of ether oxygens (including phenoxy) is 1. The van der Waals surface area contributed by atoms with Gasteiger partial charge in [0.15, 0.2) is 12.5 Å². The Morgan fingerprint density at radius 1 is 1.24 bits per heavy atom. The van der Waals surface area contributed by atoms with Crippen molar-refractivity contribution in [1.82, 2.24) is 15.0 Å². The summed E-state index contributed by atoms with van der Waals surface area (Å²) in [5.74, 6) is -0.359. The number of hydrogen-bond acceptors (Lipinski definition) is 4. The molecule has 106 valence electrons. The highest BCUT2D eigenvalue weighted by Gasteiger charge is 2.17. The lowest BCUT2D eigenvalue weighted by Gasteiger charge is -2.06. The number of rotatable bonds is 5. The number of nitrogens with zero attached hydrogens (tertiary/aromatic N) is 2. The monoisotopic (exact) mass is 285 g/mol. The van der Waals surface area contributed by atoms with Crippen LogP contribution >= 0.6 is 0 Å². The average Bonchev–Trinajstić information content (AvgIpc) is 2.98. The molecule has 0 unspecified atom stereocenters. The van der Waals surface area contributed by atoms with Crippen molar-refractivity contribution < 1.29 is 13.9 Å². The molecule has 0 bridgehead atoms. The first-order chi connectivity index (χ1) is 10.3. The molecule has 3 rings (SSSR count). The van der Waals surface area contributed by atoms with Gasteiger partial charge in [-0.05, 0) is 5.56 Å². The summed E-state index contributed by atoms with van der Waals surface area (Å²) in [7, 11) is 0. The van der Waals surface area contributed by atoms with Gasteiger partial charge in [-0.1, -0.05) is 30.3 Å². The number of aromatic nitrogens is 3. The molecule has 0 saturated carbocycles. The Morgan fingerprint density at radius 2 is 2.05 bits per heavy atom. The number of nitrogens with one attached hydrogen (secondary N) is 1. The Bertz CT molecular complexity index is 771. The highest BCUT2D eigenvalue weighted by Crippen LogP contribution is 2.26. The molecule has 1 aromatic carbocycles. The van der Waals surface area contributed by atoms with Crippen LogP contribution in [0.2, 0.25) is 0 Å². The minimum atomic E-state index is -1.07. The number of benzene rings is 1. The van der Waals surface area contributed by atoms with Crippen molar-refractivity contribution in [2.24, 2.45) is 0 Å². The maximum Gasteiger partial charge on any atom is 0.227 e. The molecule has 0 aliphatic heterocycles. The molecule has 21 heavy (non-hydrogen) atoms. The van der Waals surface area contributed by atoms with Gasteiger partial charge in [-0.3, -0.25) is 4.79 Å². The van der Waals surface area contributed by atoms with Crippen LogP contribution in [0, 0.1) is 0 Å². The molecule has 6 heteroatoms. The zero-order valence-corrected chi connectivity index (χ0v) is 11.0. The summed E-state index contributed by atoms with van der Waals surface area (Å²) in [6.45, 7) is -0.763. The van der Waals surface area contributed by atoms with Crippen LogP contribution in [-0.4, -0.2) is 27.4 Å². The first-order valence-corrected chi connectivity index (χ1v) is 6.37. The summed E-state index contributed by atoms with van der Waals surface area (Å²) in [4.78, 5) is 22.5. The van der Waals surface area contributed by atoms with E-state index in [1.165, 1.54) is 12.5 Å². The van der Waals surface area contributed by atoms with E-state index in [2.05, 4.69) is 15.0 Å². The van der Waals surface area contributed by atoms with E-state index >= 15 is 0 Å². The van der Waals surface area contributed by atoms with E-state index in [9.17, 15) is 9.18 Å². The van der Waals surface area contributed by atoms with Gasteiger partial charge >= 0.3 is 0 Å². The molecule has 1 N–H and O–H groups in total. The number of carbonyl (C=O) groups excluding carboxylic acids is 1. The van der Waals surface area contributed by atoms with E-state index in [4.69, 9.17) is 4.74 Å². The Labute approximate surface area is 119 Å². The lowest BCUT2D eigenvalue weighted by molar-refractivity contribution is 0.0960. The molecule has 0 atom stereocenters. The van der Waals surface area contributed by atoms with Gasteiger partial charge in [-0.2, -0.15) is 0 Å². The van der Waals surface area contributed by atoms with Gasteiger partial charge in [0.2, 0.25) is 5.88 Å². The molecule has 0 spiro atoms. The van der Waals surface area contributed by atoms with Crippen molar-refractivity contribution in [3.63, 3.8) is 0 Å². The van der Waals surface area contributed by atoms with Gasteiger partial charge < -0.3 is 9.72 Å². The van der Waals surface area contributed by atoms with Gasteiger partial charge in [0.1, 0.15) is 18.6 Å². The zero-order chi connectivity index (χ0) is 14.7. The maximum absolute atomic E-state index is 12.6. The topological polar surface area (TPSA) is 67.9 Å². The van der Waals surface area contributed by atoms with Gasteiger partial charge in [-0.15, -0.1) is 0 Å². The van der Waals surface area contributed by atoms with Crippen LogP contribution in [0.1, 0.15) is 15.9 Å². The van der Waals surface area contributed by atoms with Crippen molar-refractivity contribution in [2.45, 2.75) is 6.61 Å². The average molecular weight is 285 g/mol. The van der Waals surface area contributed by atoms with Crippen LogP contribution < -0.4 is 4.74 Å². The molecule has 3 aromatic rings. The third-order valence-corrected chi connectivity index (χ3v) is 3.08. The molecule has 0 radical (unpaired) electrons. The van der Waals surface area contributed by atoms with Crippen molar-refractivity contribution in [1.29, 1.82) is 0 Å². The second-order valence-corrected chi connectivity index (χ2v) is 4.44. The van der Waals surface area contributed by atoms with E-state index in [0.29, 0.717) is 17.6 Å². The molecule has 0 aliphatic carbocycles.